The lowest BCUT2D eigenvalue weighted by Gasteiger charge is -2.28. The topological polar surface area (TPSA) is 18.5 Å². The van der Waals surface area contributed by atoms with Crippen LogP contribution >= 0.6 is 0 Å². The van der Waals surface area contributed by atoms with E-state index in [1.165, 1.54) is 30.4 Å². The molecule has 1 fully saturated rings. The van der Waals surface area contributed by atoms with E-state index in [0.29, 0.717) is 6.61 Å². The average Bonchev–Trinajstić information content (AvgIpc) is 2.53. The Morgan fingerprint density at radius 2 is 1.71 bits per heavy atom. The minimum absolute atomic E-state index is 0. The van der Waals surface area contributed by atoms with Crippen LogP contribution in [0.3, 0.4) is 0 Å². The molecule has 0 aromatic rings. The second-order valence-electron chi connectivity index (χ2n) is 4.10. The molecular weight excluding hydrogens is 246 g/mol. The monoisotopic (exact) mass is 267 g/mol. The molecule has 0 atom stereocenters. The highest BCUT2D eigenvalue weighted by atomic mass is 79.9. The fraction of sp³-hybridized carbons (Fsp3) is 1.00. The maximum atomic E-state index is 5.46. The van der Waals surface area contributed by atoms with E-state index in [1.54, 1.807) is 7.11 Å². The number of quaternary nitrogens is 1. The molecule has 0 amide bonds. The highest BCUT2D eigenvalue weighted by Crippen LogP contribution is 2.15. The van der Waals surface area contributed by atoms with Crippen molar-refractivity contribution in [3.05, 3.63) is 0 Å². The van der Waals surface area contributed by atoms with Crippen LogP contribution in [0.25, 0.3) is 0 Å². The molecule has 14 heavy (non-hydrogen) atoms. The van der Waals surface area contributed by atoms with Crippen LogP contribution in [0.5, 0.6) is 0 Å². The fourth-order valence-electron chi connectivity index (χ4n) is 1.85. The first-order valence-electron chi connectivity index (χ1n) is 5.17. The Morgan fingerprint density at radius 1 is 1.07 bits per heavy atom. The van der Waals surface area contributed by atoms with Gasteiger partial charge in [0.25, 0.3) is 0 Å². The normalized spacial score (nSPS) is 19.3. The molecule has 0 aromatic carbocycles. The number of nitrogens with zero attached hydrogens (tertiary/aromatic N) is 1. The zero-order chi connectivity index (χ0) is 9.57. The molecular formula is C10H22BrNO2. The zero-order valence-corrected chi connectivity index (χ0v) is 10.9. The van der Waals surface area contributed by atoms with Gasteiger partial charge in [0.15, 0.2) is 0 Å². The first-order valence-corrected chi connectivity index (χ1v) is 5.17. The molecule has 1 rings (SSSR count). The molecule has 0 spiro atoms. The van der Waals surface area contributed by atoms with Crippen LogP contribution in [-0.4, -0.2) is 58.1 Å². The summed E-state index contributed by atoms with van der Waals surface area (Å²) >= 11 is 0. The molecule has 0 aliphatic carbocycles. The molecule has 0 saturated carbocycles. The standard InChI is InChI=1S/C10H22NO2.BrH/c1-11(5-3-4-6-11)7-8-13-10-9-12-2;/h3-10H2,1-2H3;1H/q+1;/p-1. The van der Waals surface area contributed by atoms with Crippen LogP contribution < -0.4 is 17.0 Å². The molecule has 0 bridgehead atoms. The molecule has 1 aliphatic rings. The third-order valence-electron chi connectivity index (χ3n) is 2.85. The molecule has 1 heterocycles. The van der Waals surface area contributed by atoms with Gasteiger partial charge in [0.2, 0.25) is 0 Å². The van der Waals surface area contributed by atoms with Crippen LogP contribution in [0, 0.1) is 0 Å². The number of methoxy groups -OCH3 is 1. The molecule has 86 valence electrons. The Labute approximate surface area is 97.7 Å². The SMILES string of the molecule is COCCOCC[N+]1(C)CCCC1.[Br-]. The largest absolute Gasteiger partial charge is 1.00 e. The molecule has 0 aromatic heterocycles. The lowest BCUT2D eigenvalue weighted by Crippen LogP contribution is -3.00. The summed E-state index contributed by atoms with van der Waals surface area (Å²) in [5, 5.41) is 0. The number of rotatable bonds is 6. The number of hydrogen-bond donors (Lipinski definition) is 0. The maximum absolute atomic E-state index is 5.46. The van der Waals surface area contributed by atoms with Gasteiger partial charge in [-0.25, -0.2) is 0 Å². The molecule has 0 N–H and O–H groups in total. The van der Waals surface area contributed by atoms with Gasteiger partial charge in [-0.1, -0.05) is 0 Å². The minimum atomic E-state index is 0. The summed E-state index contributed by atoms with van der Waals surface area (Å²) in [5.74, 6) is 0. The summed E-state index contributed by atoms with van der Waals surface area (Å²) in [5.41, 5.74) is 0. The Morgan fingerprint density at radius 3 is 2.29 bits per heavy atom. The number of likely N-dealkylation sites (tertiary alicyclic amines) is 1. The van der Waals surface area contributed by atoms with Gasteiger partial charge >= 0.3 is 0 Å². The van der Waals surface area contributed by atoms with Crippen LogP contribution in [0.4, 0.5) is 0 Å². The number of hydrogen-bond acceptors (Lipinski definition) is 2. The lowest BCUT2D eigenvalue weighted by molar-refractivity contribution is -0.898. The van der Waals surface area contributed by atoms with E-state index in [4.69, 9.17) is 9.47 Å². The number of likely N-dealkylation sites (N-methyl/N-ethyl adjacent to an activating group) is 1. The van der Waals surface area contributed by atoms with E-state index in [-0.39, 0.29) is 17.0 Å². The van der Waals surface area contributed by atoms with Crippen molar-refractivity contribution in [1.82, 2.24) is 0 Å². The lowest BCUT2D eigenvalue weighted by atomic mass is 10.4. The van der Waals surface area contributed by atoms with Gasteiger partial charge in [-0.2, -0.15) is 0 Å². The molecule has 0 radical (unpaired) electrons. The molecule has 0 unspecified atom stereocenters. The van der Waals surface area contributed by atoms with E-state index >= 15 is 0 Å². The second kappa shape index (κ2) is 7.63. The summed E-state index contributed by atoms with van der Waals surface area (Å²) in [6.45, 7) is 6.13. The van der Waals surface area contributed by atoms with Crippen molar-refractivity contribution >= 4 is 0 Å². The van der Waals surface area contributed by atoms with Crippen molar-refractivity contribution in [2.75, 3.05) is 53.6 Å². The van der Waals surface area contributed by atoms with Crippen LogP contribution in [-0.2, 0) is 9.47 Å². The van der Waals surface area contributed by atoms with Crippen molar-refractivity contribution in [3.8, 4) is 0 Å². The summed E-state index contributed by atoms with van der Waals surface area (Å²) in [6.07, 6.45) is 2.77. The third-order valence-corrected chi connectivity index (χ3v) is 2.85. The fourth-order valence-corrected chi connectivity index (χ4v) is 1.85. The van der Waals surface area contributed by atoms with E-state index in [1.807, 2.05) is 0 Å². The molecule has 3 nitrogen and oxygen atoms in total. The maximum Gasteiger partial charge on any atom is 0.102 e. The highest BCUT2D eigenvalue weighted by molar-refractivity contribution is 4.51. The summed E-state index contributed by atoms with van der Waals surface area (Å²) in [7, 11) is 4.03. The van der Waals surface area contributed by atoms with E-state index in [0.717, 1.165) is 19.8 Å². The first kappa shape index (κ1) is 14.4. The molecule has 1 aliphatic heterocycles. The van der Waals surface area contributed by atoms with Crippen molar-refractivity contribution < 1.29 is 30.9 Å². The van der Waals surface area contributed by atoms with E-state index in [2.05, 4.69) is 7.05 Å². The van der Waals surface area contributed by atoms with Gasteiger partial charge in [0.1, 0.15) is 6.54 Å². The smallest absolute Gasteiger partial charge is 0.102 e. The quantitative estimate of drug-likeness (QED) is 0.406. The summed E-state index contributed by atoms with van der Waals surface area (Å²) in [4.78, 5) is 0. The van der Waals surface area contributed by atoms with E-state index < -0.39 is 0 Å². The predicted molar refractivity (Wildman–Crippen MR) is 52.7 cm³/mol. The minimum Gasteiger partial charge on any atom is -1.00 e. The van der Waals surface area contributed by atoms with Crippen molar-refractivity contribution in [2.24, 2.45) is 0 Å². The average molecular weight is 268 g/mol. The van der Waals surface area contributed by atoms with Gasteiger partial charge in [0.05, 0.1) is 40.0 Å². The summed E-state index contributed by atoms with van der Waals surface area (Å²) < 4.78 is 11.6. The Bertz CT molecular complexity index is 138. The number of ether oxygens (including phenoxy) is 2. The van der Waals surface area contributed by atoms with Gasteiger partial charge in [-0.15, -0.1) is 0 Å². The highest BCUT2D eigenvalue weighted by Gasteiger charge is 2.25. The van der Waals surface area contributed by atoms with Crippen LogP contribution in [0.15, 0.2) is 0 Å². The predicted octanol–water partition coefficient (Wildman–Crippen LogP) is -2.11. The Kier molecular flexibility index (Phi) is 7.82. The first-order chi connectivity index (χ1) is 6.27. The van der Waals surface area contributed by atoms with Crippen LogP contribution in [0.1, 0.15) is 12.8 Å². The third kappa shape index (κ3) is 5.29. The second-order valence-corrected chi connectivity index (χ2v) is 4.10. The van der Waals surface area contributed by atoms with Crippen molar-refractivity contribution in [2.45, 2.75) is 12.8 Å². The van der Waals surface area contributed by atoms with Gasteiger partial charge in [-0.3, -0.25) is 0 Å². The van der Waals surface area contributed by atoms with Crippen molar-refractivity contribution in [3.63, 3.8) is 0 Å². The van der Waals surface area contributed by atoms with E-state index in [9.17, 15) is 0 Å². The van der Waals surface area contributed by atoms with Gasteiger partial charge in [-0.05, 0) is 0 Å². The zero-order valence-electron chi connectivity index (χ0n) is 9.30. The number of halogens is 1. The Balaban J connectivity index is 0.00000169. The van der Waals surface area contributed by atoms with Crippen molar-refractivity contribution in [1.29, 1.82) is 0 Å². The Hall–Kier alpha value is 0.360. The van der Waals surface area contributed by atoms with Crippen LogP contribution in [0.2, 0.25) is 0 Å². The molecule has 1 saturated heterocycles. The molecule has 4 heteroatoms. The van der Waals surface area contributed by atoms with Gasteiger partial charge in [0, 0.05) is 20.0 Å². The summed E-state index contributed by atoms with van der Waals surface area (Å²) in [6, 6.07) is 0. The van der Waals surface area contributed by atoms with Gasteiger partial charge < -0.3 is 30.9 Å².